The SMILES string of the molecule is Cc1cc2c(Nc3cccc(Cl)c3C)nc(N3CCCC3)nc2[nH]1. The molecule has 0 bridgehead atoms. The molecule has 5 nitrogen and oxygen atoms in total. The number of aromatic amines is 1. The van der Waals surface area contributed by atoms with E-state index in [1.807, 2.05) is 32.0 Å². The van der Waals surface area contributed by atoms with Crippen molar-refractivity contribution in [2.45, 2.75) is 26.7 Å². The maximum Gasteiger partial charge on any atom is 0.229 e. The molecule has 4 rings (SSSR count). The van der Waals surface area contributed by atoms with Crippen LogP contribution in [0.15, 0.2) is 24.3 Å². The first-order valence-corrected chi connectivity index (χ1v) is 8.64. The molecule has 2 N–H and O–H groups in total. The molecule has 0 aliphatic carbocycles. The molecule has 1 aliphatic heterocycles. The van der Waals surface area contributed by atoms with Crippen molar-refractivity contribution < 1.29 is 0 Å². The number of fused-ring (bicyclic) bond motifs is 1. The van der Waals surface area contributed by atoms with Gasteiger partial charge in [0.05, 0.1) is 5.39 Å². The maximum atomic E-state index is 6.25. The lowest BCUT2D eigenvalue weighted by molar-refractivity contribution is 0.906. The van der Waals surface area contributed by atoms with Gasteiger partial charge in [0.2, 0.25) is 5.95 Å². The number of H-pyrrole nitrogens is 1. The Hall–Kier alpha value is -2.27. The van der Waals surface area contributed by atoms with Crippen molar-refractivity contribution in [2.24, 2.45) is 0 Å². The van der Waals surface area contributed by atoms with Gasteiger partial charge in [-0.15, -0.1) is 0 Å². The van der Waals surface area contributed by atoms with Gasteiger partial charge >= 0.3 is 0 Å². The lowest BCUT2D eigenvalue weighted by Crippen LogP contribution is -2.20. The zero-order valence-electron chi connectivity index (χ0n) is 13.9. The summed E-state index contributed by atoms with van der Waals surface area (Å²) >= 11 is 6.25. The third-order valence-corrected chi connectivity index (χ3v) is 4.93. The highest BCUT2D eigenvalue weighted by Gasteiger charge is 2.18. The predicted molar refractivity (Wildman–Crippen MR) is 99.5 cm³/mol. The highest BCUT2D eigenvalue weighted by Crippen LogP contribution is 2.31. The van der Waals surface area contributed by atoms with Crippen LogP contribution >= 0.6 is 11.6 Å². The third kappa shape index (κ3) is 2.69. The molecule has 0 saturated carbocycles. The number of benzene rings is 1. The van der Waals surface area contributed by atoms with Gasteiger partial charge in [-0.05, 0) is 50.5 Å². The van der Waals surface area contributed by atoms with Gasteiger partial charge < -0.3 is 15.2 Å². The van der Waals surface area contributed by atoms with E-state index in [4.69, 9.17) is 21.6 Å². The van der Waals surface area contributed by atoms with Crippen molar-refractivity contribution >= 4 is 40.1 Å². The van der Waals surface area contributed by atoms with E-state index in [1.54, 1.807) is 0 Å². The molecule has 0 radical (unpaired) electrons. The Bertz CT molecular complexity index is 896. The number of aromatic nitrogens is 3. The minimum absolute atomic E-state index is 0.746. The molecule has 0 amide bonds. The monoisotopic (exact) mass is 341 g/mol. The van der Waals surface area contributed by atoms with E-state index in [1.165, 1.54) is 12.8 Å². The van der Waals surface area contributed by atoms with Gasteiger partial charge in [-0.3, -0.25) is 0 Å². The first kappa shape index (κ1) is 15.3. The minimum atomic E-state index is 0.746. The van der Waals surface area contributed by atoms with Crippen LogP contribution in [-0.4, -0.2) is 28.0 Å². The number of halogens is 1. The standard InChI is InChI=1S/C18H20ClN5/c1-11-10-13-16(20-11)22-18(24-8-3-4-9-24)23-17(13)21-15-7-5-6-14(19)12(15)2/h5-7,10H,3-4,8-9H2,1-2H3,(H2,20,21,22,23). The Kier molecular flexibility index (Phi) is 3.81. The second-order valence-corrected chi connectivity index (χ2v) is 6.73. The normalized spacial score (nSPS) is 14.5. The Morgan fingerprint density at radius 1 is 1.17 bits per heavy atom. The molecule has 0 unspecified atom stereocenters. The van der Waals surface area contributed by atoms with Crippen LogP contribution in [0.1, 0.15) is 24.1 Å². The summed E-state index contributed by atoms with van der Waals surface area (Å²) in [5.41, 5.74) is 3.92. The lowest BCUT2D eigenvalue weighted by Gasteiger charge is -2.17. The zero-order valence-corrected chi connectivity index (χ0v) is 14.6. The quantitative estimate of drug-likeness (QED) is 0.732. The fourth-order valence-electron chi connectivity index (χ4n) is 3.15. The molecule has 24 heavy (non-hydrogen) atoms. The average molecular weight is 342 g/mol. The summed E-state index contributed by atoms with van der Waals surface area (Å²) in [5, 5.41) is 5.19. The number of rotatable bonds is 3. The first-order chi connectivity index (χ1) is 11.6. The second kappa shape index (κ2) is 5.98. The maximum absolute atomic E-state index is 6.25. The summed E-state index contributed by atoms with van der Waals surface area (Å²) < 4.78 is 0. The van der Waals surface area contributed by atoms with E-state index < -0.39 is 0 Å². The van der Waals surface area contributed by atoms with Gasteiger partial charge in [-0.25, -0.2) is 0 Å². The molecule has 3 aromatic rings. The molecule has 0 spiro atoms. The molecule has 6 heteroatoms. The van der Waals surface area contributed by atoms with Crippen molar-refractivity contribution in [1.82, 2.24) is 15.0 Å². The number of aryl methyl sites for hydroxylation is 1. The smallest absolute Gasteiger partial charge is 0.229 e. The van der Waals surface area contributed by atoms with E-state index >= 15 is 0 Å². The molecule has 1 aromatic carbocycles. The van der Waals surface area contributed by atoms with Crippen LogP contribution in [0.4, 0.5) is 17.5 Å². The number of nitrogens with one attached hydrogen (secondary N) is 2. The van der Waals surface area contributed by atoms with Gasteiger partial charge in [0, 0.05) is 29.5 Å². The largest absolute Gasteiger partial charge is 0.343 e. The highest BCUT2D eigenvalue weighted by atomic mass is 35.5. The Labute approximate surface area is 146 Å². The topological polar surface area (TPSA) is 56.8 Å². The van der Waals surface area contributed by atoms with Crippen molar-refractivity contribution in [3.63, 3.8) is 0 Å². The predicted octanol–water partition coefficient (Wildman–Crippen LogP) is 4.57. The van der Waals surface area contributed by atoms with Crippen LogP contribution in [-0.2, 0) is 0 Å². The summed E-state index contributed by atoms with van der Waals surface area (Å²) in [6.45, 7) is 6.07. The van der Waals surface area contributed by atoms with Crippen molar-refractivity contribution in [3.8, 4) is 0 Å². The molecule has 2 aromatic heterocycles. The molecular formula is C18H20ClN5. The Balaban J connectivity index is 1.81. The molecule has 0 atom stereocenters. The molecule has 1 fully saturated rings. The third-order valence-electron chi connectivity index (χ3n) is 4.52. The molecule has 1 aliphatic rings. The van der Waals surface area contributed by atoms with Gasteiger partial charge in [-0.2, -0.15) is 9.97 Å². The Morgan fingerprint density at radius 2 is 1.96 bits per heavy atom. The molecule has 124 valence electrons. The molecular weight excluding hydrogens is 322 g/mol. The van der Waals surface area contributed by atoms with E-state index in [0.717, 1.165) is 57.9 Å². The summed E-state index contributed by atoms with van der Waals surface area (Å²) in [5.74, 6) is 1.60. The van der Waals surface area contributed by atoms with Crippen molar-refractivity contribution in [1.29, 1.82) is 0 Å². The van der Waals surface area contributed by atoms with Gasteiger partial charge in [-0.1, -0.05) is 17.7 Å². The minimum Gasteiger partial charge on any atom is -0.343 e. The van der Waals surface area contributed by atoms with Crippen LogP contribution in [0.5, 0.6) is 0 Å². The van der Waals surface area contributed by atoms with Gasteiger partial charge in [0.25, 0.3) is 0 Å². The van der Waals surface area contributed by atoms with E-state index in [9.17, 15) is 0 Å². The summed E-state index contributed by atoms with van der Waals surface area (Å²) in [6, 6.07) is 7.93. The number of anilines is 3. The summed E-state index contributed by atoms with van der Waals surface area (Å²) in [4.78, 5) is 15.1. The second-order valence-electron chi connectivity index (χ2n) is 6.32. The van der Waals surface area contributed by atoms with Crippen LogP contribution in [0.25, 0.3) is 11.0 Å². The number of hydrogen-bond acceptors (Lipinski definition) is 4. The molecule has 3 heterocycles. The first-order valence-electron chi connectivity index (χ1n) is 8.26. The van der Waals surface area contributed by atoms with E-state index in [0.29, 0.717) is 0 Å². The fraction of sp³-hybridized carbons (Fsp3) is 0.333. The van der Waals surface area contributed by atoms with Crippen LogP contribution in [0.2, 0.25) is 5.02 Å². The van der Waals surface area contributed by atoms with Crippen LogP contribution in [0, 0.1) is 13.8 Å². The summed E-state index contributed by atoms with van der Waals surface area (Å²) in [6.07, 6.45) is 2.39. The fourth-order valence-corrected chi connectivity index (χ4v) is 3.33. The van der Waals surface area contributed by atoms with Crippen molar-refractivity contribution in [3.05, 3.63) is 40.5 Å². The number of nitrogens with zero attached hydrogens (tertiary/aromatic N) is 3. The van der Waals surface area contributed by atoms with E-state index in [2.05, 4.69) is 21.3 Å². The van der Waals surface area contributed by atoms with Crippen molar-refractivity contribution in [2.75, 3.05) is 23.3 Å². The average Bonchev–Trinajstić information content (AvgIpc) is 3.20. The highest BCUT2D eigenvalue weighted by molar-refractivity contribution is 6.31. The number of hydrogen-bond donors (Lipinski definition) is 2. The van der Waals surface area contributed by atoms with Gasteiger partial charge in [0.15, 0.2) is 0 Å². The van der Waals surface area contributed by atoms with Crippen LogP contribution in [0.3, 0.4) is 0 Å². The Morgan fingerprint density at radius 3 is 2.75 bits per heavy atom. The van der Waals surface area contributed by atoms with Gasteiger partial charge in [0.1, 0.15) is 11.5 Å². The summed E-state index contributed by atoms with van der Waals surface area (Å²) in [7, 11) is 0. The van der Waals surface area contributed by atoms with E-state index in [-0.39, 0.29) is 0 Å². The molecule has 1 saturated heterocycles. The van der Waals surface area contributed by atoms with Crippen LogP contribution < -0.4 is 10.2 Å². The zero-order chi connectivity index (χ0) is 16.7. The lowest BCUT2D eigenvalue weighted by atomic mass is 10.2.